The highest BCUT2D eigenvalue weighted by Gasteiger charge is 2.40. The summed E-state index contributed by atoms with van der Waals surface area (Å²) in [5.74, 6) is 3.15. The van der Waals surface area contributed by atoms with Crippen LogP contribution in [-0.4, -0.2) is 38.6 Å². The predicted molar refractivity (Wildman–Crippen MR) is 83.4 cm³/mol. The standard InChI is InChI=1S/C17H34N2/c1-5-8-17(2,12-18-3)13-19(4)11-16-10-14-6-7-15(16)9-14/h14-16,18H,5-13H2,1-4H3. The van der Waals surface area contributed by atoms with E-state index in [-0.39, 0.29) is 0 Å². The van der Waals surface area contributed by atoms with Crippen LogP contribution in [0.15, 0.2) is 0 Å². The Labute approximate surface area is 120 Å². The first kappa shape index (κ1) is 15.3. The highest BCUT2D eigenvalue weighted by Crippen LogP contribution is 2.48. The summed E-state index contributed by atoms with van der Waals surface area (Å²) in [5, 5.41) is 3.39. The number of rotatable bonds is 8. The van der Waals surface area contributed by atoms with Crippen molar-refractivity contribution in [2.75, 3.05) is 33.7 Å². The molecule has 2 saturated carbocycles. The monoisotopic (exact) mass is 266 g/mol. The van der Waals surface area contributed by atoms with E-state index in [1.54, 1.807) is 6.42 Å². The summed E-state index contributed by atoms with van der Waals surface area (Å²) in [6, 6.07) is 0. The van der Waals surface area contributed by atoms with E-state index in [0.29, 0.717) is 5.41 Å². The fraction of sp³-hybridized carbons (Fsp3) is 1.00. The van der Waals surface area contributed by atoms with Gasteiger partial charge in [-0.05, 0) is 62.9 Å². The van der Waals surface area contributed by atoms with Crippen LogP contribution in [0.1, 0.15) is 52.4 Å². The molecule has 0 aromatic rings. The molecule has 2 fully saturated rings. The van der Waals surface area contributed by atoms with Crippen molar-refractivity contribution in [3.8, 4) is 0 Å². The van der Waals surface area contributed by atoms with Crippen LogP contribution >= 0.6 is 0 Å². The third kappa shape index (κ3) is 3.95. The van der Waals surface area contributed by atoms with E-state index in [2.05, 4.69) is 38.2 Å². The molecule has 0 aliphatic heterocycles. The van der Waals surface area contributed by atoms with Crippen molar-refractivity contribution in [2.24, 2.45) is 23.2 Å². The van der Waals surface area contributed by atoms with Crippen LogP contribution in [0.2, 0.25) is 0 Å². The van der Waals surface area contributed by atoms with E-state index >= 15 is 0 Å². The second-order valence-corrected chi connectivity index (χ2v) is 7.72. The largest absolute Gasteiger partial charge is 0.319 e. The minimum Gasteiger partial charge on any atom is -0.319 e. The summed E-state index contributed by atoms with van der Waals surface area (Å²) in [4.78, 5) is 2.62. The molecule has 0 aromatic carbocycles. The van der Waals surface area contributed by atoms with Crippen LogP contribution in [0.4, 0.5) is 0 Å². The molecule has 2 nitrogen and oxygen atoms in total. The Hall–Kier alpha value is -0.0800. The first-order valence-electron chi connectivity index (χ1n) is 8.39. The fourth-order valence-electron chi connectivity index (χ4n) is 4.97. The Balaban J connectivity index is 1.80. The Morgan fingerprint density at radius 2 is 2.05 bits per heavy atom. The number of fused-ring (bicyclic) bond motifs is 2. The quantitative estimate of drug-likeness (QED) is 0.724. The molecule has 2 aliphatic rings. The van der Waals surface area contributed by atoms with Gasteiger partial charge < -0.3 is 10.2 Å². The van der Waals surface area contributed by atoms with Crippen LogP contribution in [0.25, 0.3) is 0 Å². The van der Waals surface area contributed by atoms with Crippen molar-refractivity contribution in [2.45, 2.75) is 52.4 Å². The molecule has 4 unspecified atom stereocenters. The van der Waals surface area contributed by atoms with Crippen molar-refractivity contribution < 1.29 is 0 Å². The molecule has 1 N–H and O–H groups in total. The molecule has 0 heterocycles. The van der Waals surface area contributed by atoms with Gasteiger partial charge in [0.2, 0.25) is 0 Å². The van der Waals surface area contributed by atoms with Crippen LogP contribution in [0.5, 0.6) is 0 Å². The number of hydrogen-bond donors (Lipinski definition) is 1. The molecule has 0 aromatic heterocycles. The molecule has 0 spiro atoms. The van der Waals surface area contributed by atoms with Gasteiger partial charge >= 0.3 is 0 Å². The molecule has 0 radical (unpaired) electrons. The van der Waals surface area contributed by atoms with Gasteiger partial charge in [0.25, 0.3) is 0 Å². The molecule has 0 amide bonds. The Bertz CT molecular complexity index is 270. The zero-order valence-electron chi connectivity index (χ0n) is 13.5. The molecule has 2 bridgehead atoms. The lowest BCUT2D eigenvalue weighted by atomic mass is 9.83. The van der Waals surface area contributed by atoms with Gasteiger partial charge in [0.15, 0.2) is 0 Å². The van der Waals surface area contributed by atoms with Crippen LogP contribution in [0, 0.1) is 23.2 Å². The highest BCUT2D eigenvalue weighted by molar-refractivity contribution is 4.91. The van der Waals surface area contributed by atoms with Gasteiger partial charge in [0, 0.05) is 19.6 Å². The number of nitrogens with one attached hydrogen (secondary N) is 1. The topological polar surface area (TPSA) is 15.3 Å². The third-order valence-electron chi connectivity index (χ3n) is 5.54. The van der Waals surface area contributed by atoms with Gasteiger partial charge in [0.05, 0.1) is 0 Å². The zero-order chi connectivity index (χ0) is 13.9. The average molecular weight is 266 g/mol. The molecule has 19 heavy (non-hydrogen) atoms. The predicted octanol–water partition coefficient (Wildman–Crippen LogP) is 3.38. The number of hydrogen-bond acceptors (Lipinski definition) is 2. The lowest BCUT2D eigenvalue weighted by molar-refractivity contribution is 0.142. The van der Waals surface area contributed by atoms with Gasteiger partial charge in [-0.25, -0.2) is 0 Å². The second-order valence-electron chi connectivity index (χ2n) is 7.72. The van der Waals surface area contributed by atoms with E-state index in [0.717, 1.165) is 24.3 Å². The maximum absolute atomic E-state index is 3.39. The average Bonchev–Trinajstić information content (AvgIpc) is 2.90. The smallest absolute Gasteiger partial charge is 0.00445 e. The summed E-state index contributed by atoms with van der Waals surface area (Å²) in [6.07, 6.45) is 8.73. The van der Waals surface area contributed by atoms with Crippen molar-refractivity contribution >= 4 is 0 Å². The Kier molecular flexibility index (Phi) is 5.30. The van der Waals surface area contributed by atoms with Crippen molar-refractivity contribution in [3.63, 3.8) is 0 Å². The maximum Gasteiger partial charge on any atom is 0.00445 e. The van der Waals surface area contributed by atoms with Crippen molar-refractivity contribution in [1.29, 1.82) is 0 Å². The first-order valence-corrected chi connectivity index (χ1v) is 8.39. The fourth-order valence-corrected chi connectivity index (χ4v) is 4.97. The summed E-state index contributed by atoms with van der Waals surface area (Å²) in [6.45, 7) is 8.48. The van der Waals surface area contributed by atoms with E-state index < -0.39 is 0 Å². The summed E-state index contributed by atoms with van der Waals surface area (Å²) >= 11 is 0. The zero-order valence-corrected chi connectivity index (χ0v) is 13.5. The minimum atomic E-state index is 0.440. The van der Waals surface area contributed by atoms with Gasteiger partial charge in [0.1, 0.15) is 0 Å². The van der Waals surface area contributed by atoms with Crippen molar-refractivity contribution in [3.05, 3.63) is 0 Å². The van der Waals surface area contributed by atoms with Crippen LogP contribution < -0.4 is 5.32 Å². The summed E-state index contributed by atoms with van der Waals surface area (Å²) < 4.78 is 0. The summed E-state index contributed by atoms with van der Waals surface area (Å²) in [5.41, 5.74) is 0.440. The van der Waals surface area contributed by atoms with Gasteiger partial charge in [-0.1, -0.05) is 26.7 Å². The molecule has 2 aliphatic carbocycles. The molecular weight excluding hydrogens is 232 g/mol. The minimum absolute atomic E-state index is 0.440. The SMILES string of the molecule is CCCC(C)(CNC)CN(C)CC1CC2CCC1C2. The van der Waals surface area contributed by atoms with E-state index in [4.69, 9.17) is 0 Å². The maximum atomic E-state index is 3.39. The third-order valence-corrected chi connectivity index (χ3v) is 5.54. The van der Waals surface area contributed by atoms with E-state index in [9.17, 15) is 0 Å². The van der Waals surface area contributed by atoms with Gasteiger partial charge in [-0.3, -0.25) is 0 Å². The van der Waals surface area contributed by atoms with Crippen LogP contribution in [0.3, 0.4) is 0 Å². The van der Waals surface area contributed by atoms with Gasteiger partial charge in [-0.2, -0.15) is 0 Å². The normalized spacial score (nSPS) is 33.0. The molecule has 112 valence electrons. The molecule has 2 heteroatoms. The van der Waals surface area contributed by atoms with E-state index in [1.807, 2.05) is 0 Å². The Morgan fingerprint density at radius 3 is 2.58 bits per heavy atom. The molecule has 2 rings (SSSR count). The number of nitrogens with zero attached hydrogens (tertiary/aromatic N) is 1. The molecular formula is C17H34N2. The summed E-state index contributed by atoms with van der Waals surface area (Å²) in [7, 11) is 4.43. The van der Waals surface area contributed by atoms with Crippen molar-refractivity contribution in [1.82, 2.24) is 10.2 Å². The first-order chi connectivity index (χ1) is 9.06. The second kappa shape index (κ2) is 6.58. The lowest BCUT2D eigenvalue weighted by Gasteiger charge is -2.36. The molecule has 0 saturated heterocycles. The van der Waals surface area contributed by atoms with Gasteiger partial charge in [-0.15, -0.1) is 0 Å². The van der Waals surface area contributed by atoms with Crippen LogP contribution in [-0.2, 0) is 0 Å². The van der Waals surface area contributed by atoms with E-state index in [1.165, 1.54) is 45.2 Å². The molecule has 4 atom stereocenters. The highest BCUT2D eigenvalue weighted by atomic mass is 15.1. The Morgan fingerprint density at radius 1 is 1.26 bits per heavy atom. The lowest BCUT2D eigenvalue weighted by Crippen LogP contribution is -2.42.